The molecule has 32 heteroatoms. The summed E-state index contributed by atoms with van der Waals surface area (Å²) in [7, 11) is 7.28. The van der Waals surface area contributed by atoms with Gasteiger partial charge in [0.05, 0.1) is 70.3 Å². The van der Waals surface area contributed by atoms with Crippen molar-refractivity contribution in [2.75, 3.05) is 77.5 Å². The Morgan fingerprint density at radius 3 is 1.54 bits per heavy atom. The fraction of sp³-hybridized carbons (Fsp3) is 0.510. The van der Waals surface area contributed by atoms with Gasteiger partial charge in [-0.3, -0.25) is 18.7 Å². The Morgan fingerprint density at radius 2 is 1.13 bits per heavy atom. The molecule has 2 unspecified atom stereocenters. The third kappa shape index (κ3) is 15.6. The molecular formula is C51H68N20O12. The van der Waals surface area contributed by atoms with Crippen LogP contribution in [0.4, 0.5) is 16.4 Å². The quantitative estimate of drug-likeness (QED) is 0.0194. The Labute approximate surface area is 475 Å². The van der Waals surface area contributed by atoms with Crippen LogP contribution in [0.3, 0.4) is 0 Å². The smallest absolute Gasteiger partial charge is 0.408 e. The number of nitrogens with one attached hydrogen (secondary N) is 3. The molecule has 0 radical (unpaired) electrons. The van der Waals surface area contributed by atoms with Crippen molar-refractivity contribution < 1.29 is 58.5 Å². The lowest BCUT2D eigenvalue weighted by Gasteiger charge is -2.26. The van der Waals surface area contributed by atoms with Gasteiger partial charge in [0.2, 0.25) is 11.8 Å². The number of aliphatic hydroxyl groups excluding tert-OH is 4. The fourth-order valence-corrected chi connectivity index (χ4v) is 9.04. The lowest BCUT2D eigenvalue weighted by molar-refractivity contribution is -0.125. The number of carbonyl (C=O) groups is 3. The van der Waals surface area contributed by atoms with E-state index in [1.807, 2.05) is 28.2 Å². The molecule has 2 fully saturated rings. The van der Waals surface area contributed by atoms with Gasteiger partial charge in [0, 0.05) is 44.4 Å². The van der Waals surface area contributed by atoms with Crippen LogP contribution < -0.4 is 41.0 Å². The van der Waals surface area contributed by atoms with Gasteiger partial charge in [0.25, 0.3) is 0 Å². The molecule has 2 aromatic carbocycles. The second kappa shape index (κ2) is 28.3. The Hall–Kier alpha value is -8.71. The van der Waals surface area contributed by atoms with Gasteiger partial charge < -0.3 is 75.6 Å². The van der Waals surface area contributed by atoms with E-state index in [4.69, 9.17) is 40.5 Å². The van der Waals surface area contributed by atoms with Crippen LogP contribution in [0.2, 0.25) is 0 Å². The number of ether oxygens (including phenoxy) is 5. The Kier molecular flexibility index (Phi) is 21.1. The van der Waals surface area contributed by atoms with Crippen molar-refractivity contribution in [1.29, 1.82) is 0 Å². The number of nitrogens with two attached hydrogens (primary N) is 1. The van der Waals surface area contributed by atoms with Crippen LogP contribution in [0.5, 0.6) is 11.5 Å². The number of amides is 3. The molecule has 2 aliphatic heterocycles. The molecule has 2 saturated heterocycles. The number of anilines is 2. The highest BCUT2D eigenvalue weighted by molar-refractivity contribution is 5.87. The first-order valence-corrected chi connectivity index (χ1v) is 26.1. The van der Waals surface area contributed by atoms with Crippen LogP contribution in [0.15, 0.2) is 84.1 Å². The minimum Gasteiger partial charge on any atom is -0.493 e. The minimum absolute atomic E-state index is 0.0668. The van der Waals surface area contributed by atoms with E-state index in [2.05, 4.69) is 65.9 Å². The van der Waals surface area contributed by atoms with Gasteiger partial charge >= 0.3 is 6.09 Å². The maximum atomic E-state index is 13.7. The summed E-state index contributed by atoms with van der Waals surface area (Å²) < 4.78 is 31.3. The predicted octanol–water partition coefficient (Wildman–Crippen LogP) is 1.34. The SMILES string of the molecule is CN(C)c1ncnc2c1ncn2[C@@H]1O[C@H](CO)C(NC(=O)[C@@H](N)Cc2ccc(OCCN=[N+]=[N-])cc2)[C@@H]1O.CN(C)c1ncnc2c1ncn2[C@@H]1O[C@H](CO)C(NC(=O)[C@H](Cc2ccc(OCCN=[N+]=[N-])cc2)NC(=O)OC(C)(C)C)[C@@H]1O. The zero-order valence-corrected chi connectivity index (χ0v) is 46.6. The summed E-state index contributed by atoms with van der Waals surface area (Å²) in [5.41, 5.74) is 25.4. The molecule has 8 rings (SSSR count). The highest BCUT2D eigenvalue weighted by Gasteiger charge is 2.48. The van der Waals surface area contributed by atoms with Crippen molar-refractivity contribution in [2.45, 2.75) is 100 Å². The standard InChI is InChI=1S/C28H38N10O7.C23H30N10O5/c1-28(2,3)45-27(42)34-18(12-16-6-8-17(9-7-16)43-11-10-33-36-29)25(41)35-20-19(13-39)44-26(22(20)40)38-15-32-21-23(37(4)5)30-14-31-24(21)38;1-32(2)20-18-21(27-11-26-20)33(12-28-18)23-19(35)17(16(10-34)38-23)30-22(36)15(24)9-13-3-5-14(6-4-13)37-8-7-29-31-25/h6-9,14-15,18-20,22,26,39-40H,10-13H2,1-5H3,(H,34,42)(H,35,41);3-6,11-12,15-17,19,23,34-35H,7-10,24H2,1-2H3,(H,30,36)/t18-,19+,20?,22-,26+;15-,16+,17?,19-,23+/m00/s1. The maximum absolute atomic E-state index is 13.7. The minimum atomic E-state index is -1.31. The number of hydrogen-bond donors (Lipinski definition) is 8. The van der Waals surface area contributed by atoms with Crippen molar-refractivity contribution in [1.82, 2.24) is 55.0 Å². The number of aliphatic hydroxyl groups is 4. The van der Waals surface area contributed by atoms with Gasteiger partial charge in [0.1, 0.15) is 60.2 Å². The van der Waals surface area contributed by atoms with Crippen molar-refractivity contribution in [3.63, 3.8) is 0 Å². The zero-order chi connectivity index (χ0) is 60.0. The second-order valence-electron chi connectivity index (χ2n) is 20.5. The summed E-state index contributed by atoms with van der Waals surface area (Å²) in [6, 6.07) is 9.88. The van der Waals surface area contributed by atoms with Gasteiger partial charge in [0.15, 0.2) is 46.4 Å². The topological polar surface area (TPSA) is 432 Å². The number of aromatic nitrogens is 8. The van der Waals surface area contributed by atoms with E-state index < -0.39 is 97.8 Å². The molecule has 0 aliphatic carbocycles. The highest BCUT2D eigenvalue weighted by atomic mass is 16.6. The maximum Gasteiger partial charge on any atom is 0.408 e. The highest BCUT2D eigenvalue weighted by Crippen LogP contribution is 2.34. The lowest BCUT2D eigenvalue weighted by Crippen LogP contribution is -2.56. The van der Waals surface area contributed by atoms with Crippen LogP contribution in [-0.4, -0.2) is 199 Å². The molecule has 6 aromatic rings. The fourth-order valence-electron chi connectivity index (χ4n) is 9.04. The predicted molar refractivity (Wildman–Crippen MR) is 298 cm³/mol. The van der Waals surface area contributed by atoms with Crippen molar-refractivity contribution in [3.8, 4) is 11.5 Å². The van der Waals surface area contributed by atoms with Crippen molar-refractivity contribution in [2.24, 2.45) is 16.0 Å². The number of imidazole rings is 2. The summed E-state index contributed by atoms with van der Waals surface area (Å²) in [6.07, 6.45) is -1.17. The van der Waals surface area contributed by atoms with Crippen LogP contribution in [0.1, 0.15) is 44.4 Å². The van der Waals surface area contributed by atoms with Crippen LogP contribution >= 0.6 is 0 Å². The number of benzene rings is 2. The van der Waals surface area contributed by atoms with E-state index >= 15 is 0 Å². The average Bonchev–Trinajstić information content (AvgIpc) is 3.08. The van der Waals surface area contributed by atoms with Crippen LogP contribution in [0, 0.1) is 0 Å². The summed E-state index contributed by atoms with van der Waals surface area (Å²) in [6.45, 7) is 5.02. The first-order chi connectivity index (χ1) is 39.7. The first kappa shape index (κ1) is 61.9. The number of alkyl carbamates (subject to hydrolysis) is 1. The first-order valence-electron chi connectivity index (χ1n) is 26.1. The molecule has 10 atom stereocenters. The Bertz CT molecular complexity index is 3240. The number of carbonyl (C=O) groups excluding carboxylic acids is 3. The summed E-state index contributed by atoms with van der Waals surface area (Å²) >= 11 is 0. The summed E-state index contributed by atoms with van der Waals surface area (Å²) in [5, 5.41) is 57.4. The van der Waals surface area contributed by atoms with E-state index in [1.54, 1.807) is 83.7 Å². The molecule has 3 amide bonds. The largest absolute Gasteiger partial charge is 0.493 e. The molecular weight excluding hydrogens is 1080 g/mol. The molecule has 83 heavy (non-hydrogen) atoms. The third-order valence-electron chi connectivity index (χ3n) is 12.9. The van der Waals surface area contributed by atoms with Crippen molar-refractivity contribution in [3.05, 3.63) is 106 Å². The zero-order valence-electron chi connectivity index (χ0n) is 46.6. The van der Waals surface area contributed by atoms with Gasteiger partial charge in [-0.2, -0.15) is 0 Å². The van der Waals surface area contributed by atoms with E-state index in [0.29, 0.717) is 51.0 Å². The normalized spacial score (nSPS) is 20.9. The molecule has 32 nitrogen and oxygen atoms in total. The molecule has 2 aliphatic rings. The molecule has 444 valence electrons. The van der Waals surface area contributed by atoms with Gasteiger partial charge in [-0.15, -0.1) is 0 Å². The number of azide groups is 2. The van der Waals surface area contributed by atoms with Crippen molar-refractivity contribution >= 4 is 51.9 Å². The van der Waals surface area contributed by atoms with Gasteiger partial charge in [-0.1, -0.05) is 34.5 Å². The van der Waals surface area contributed by atoms with Crippen LogP contribution in [-0.2, 0) is 36.6 Å². The molecule has 0 saturated carbocycles. The van der Waals surface area contributed by atoms with Gasteiger partial charge in [-0.05, 0) is 73.6 Å². The number of fused-ring (bicyclic) bond motifs is 2. The number of nitrogens with zero attached hydrogens (tertiary/aromatic N) is 16. The van der Waals surface area contributed by atoms with E-state index in [9.17, 15) is 34.8 Å². The summed E-state index contributed by atoms with van der Waals surface area (Å²) in [5.74, 6) is 1.17. The molecule has 0 spiro atoms. The average molecular weight is 1150 g/mol. The Balaban J connectivity index is 0.000000242. The molecule has 4 aromatic heterocycles. The van der Waals surface area contributed by atoms with E-state index in [1.165, 1.54) is 29.9 Å². The van der Waals surface area contributed by atoms with E-state index in [-0.39, 0.29) is 39.1 Å². The van der Waals surface area contributed by atoms with Gasteiger partial charge in [-0.25, -0.2) is 34.7 Å². The molecule has 6 heterocycles. The monoisotopic (exact) mass is 1150 g/mol. The lowest BCUT2D eigenvalue weighted by atomic mass is 10.0. The number of hydrogen-bond acceptors (Lipinski definition) is 23. The number of rotatable bonds is 23. The van der Waals surface area contributed by atoms with Crippen LogP contribution in [0.25, 0.3) is 43.2 Å². The molecule has 9 N–H and O–H groups in total. The second-order valence-corrected chi connectivity index (χ2v) is 20.5. The third-order valence-corrected chi connectivity index (χ3v) is 12.9. The Morgan fingerprint density at radius 1 is 0.699 bits per heavy atom. The molecule has 0 bridgehead atoms. The summed E-state index contributed by atoms with van der Waals surface area (Å²) in [4.78, 5) is 74.0. The van der Waals surface area contributed by atoms with E-state index in [0.717, 1.165) is 5.56 Å².